The molecule has 0 unspecified atom stereocenters. The number of ether oxygens (including phenoxy) is 1. The molecule has 0 N–H and O–H groups in total. The SMILES string of the molecule is CCCCCN(C)CCCCCO[C@H]1CC[C@H](N(C)C(=O)c2ccc(Br)cc2)CC1. The third-order valence-corrected chi connectivity index (χ3v) is 6.81. The van der Waals surface area contributed by atoms with E-state index in [0.717, 1.165) is 48.7 Å². The number of unbranched alkanes of at least 4 members (excludes halogenated alkanes) is 4. The first-order valence-corrected chi connectivity index (χ1v) is 12.6. The van der Waals surface area contributed by atoms with Gasteiger partial charge in [0.05, 0.1) is 6.10 Å². The van der Waals surface area contributed by atoms with Crippen molar-refractivity contribution >= 4 is 21.8 Å². The Bertz CT molecular complexity index is 600. The zero-order valence-corrected chi connectivity index (χ0v) is 20.8. The summed E-state index contributed by atoms with van der Waals surface area (Å²) in [5.74, 6) is 0.117. The number of nitrogens with zero attached hydrogens (tertiary/aromatic N) is 2. The summed E-state index contributed by atoms with van der Waals surface area (Å²) in [6, 6.07) is 7.96. The van der Waals surface area contributed by atoms with Crippen LogP contribution >= 0.6 is 15.9 Å². The van der Waals surface area contributed by atoms with Crippen LogP contribution in [0.2, 0.25) is 0 Å². The van der Waals surface area contributed by atoms with Gasteiger partial charge in [-0.2, -0.15) is 0 Å². The van der Waals surface area contributed by atoms with Gasteiger partial charge in [0.15, 0.2) is 0 Å². The van der Waals surface area contributed by atoms with Gasteiger partial charge in [0.2, 0.25) is 0 Å². The molecule has 0 spiro atoms. The lowest BCUT2D eigenvalue weighted by Crippen LogP contribution is -2.40. The number of carbonyl (C=O) groups excluding carboxylic acids is 1. The maximum Gasteiger partial charge on any atom is 0.253 e. The monoisotopic (exact) mass is 480 g/mol. The minimum atomic E-state index is 0.117. The van der Waals surface area contributed by atoms with Crippen molar-refractivity contribution in [1.82, 2.24) is 9.80 Å². The van der Waals surface area contributed by atoms with Crippen LogP contribution in [0.3, 0.4) is 0 Å². The molecule has 0 aromatic heterocycles. The zero-order valence-electron chi connectivity index (χ0n) is 19.2. The number of carbonyl (C=O) groups is 1. The van der Waals surface area contributed by atoms with Crippen molar-refractivity contribution in [2.24, 2.45) is 0 Å². The van der Waals surface area contributed by atoms with Crippen molar-refractivity contribution in [3.63, 3.8) is 0 Å². The molecule has 2 rings (SSSR count). The molecule has 1 aliphatic rings. The van der Waals surface area contributed by atoms with E-state index in [-0.39, 0.29) is 5.91 Å². The van der Waals surface area contributed by atoms with E-state index in [2.05, 4.69) is 34.8 Å². The van der Waals surface area contributed by atoms with E-state index in [0.29, 0.717) is 12.1 Å². The Morgan fingerprint density at radius 2 is 1.60 bits per heavy atom. The fourth-order valence-corrected chi connectivity index (χ4v) is 4.48. The Labute approximate surface area is 192 Å². The average molecular weight is 482 g/mol. The van der Waals surface area contributed by atoms with E-state index in [1.807, 2.05) is 36.2 Å². The van der Waals surface area contributed by atoms with Crippen LogP contribution in [0.15, 0.2) is 28.7 Å². The minimum absolute atomic E-state index is 0.117. The molecule has 0 atom stereocenters. The Kier molecular flexibility index (Phi) is 12.0. The number of amides is 1. The first kappa shape index (κ1) is 25.4. The molecule has 0 saturated heterocycles. The predicted molar refractivity (Wildman–Crippen MR) is 129 cm³/mol. The number of rotatable bonds is 13. The summed E-state index contributed by atoms with van der Waals surface area (Å²) in [5, 5.41) is 0. The summed E-state index contributed by atoms with van der Waals surface area (Å²) < 4.78 is 7.13. The molecule has 1 amide bonds. The number of halogens is 1. The van der Waals surface area contributed by atoms with Crippen LogP contribution in [0.25, 0.3) is 0 Å². The average Bonchev–Trinajstić information content (AvgIpc) is 2.76. The zero-order chi connectivity index (χ0) is 21.8. The summed E-state index contributed by atoms with van der Waals surface area (Å²) in [6.45, 7) is 5.57. The van der Waals surface area contributed by atoms with E-state index in [4.69, 9.17) is 4.74 Å². The molecule has 0 bridgehead atoms. The second kappa shape index (κ2) is 14.2. The molecule has 0 aliphatic heterocycles. The molecule has 30 heavy (non-hydrogen) atoms. The molecule has 170 valence electrons. The number of hydrogen-bond acceptors (Lipinski definition) is 3. The molecule has 0 radical (unpaired) electrons. The first-order chi connectivity index (χ1) is 14.5. The third-order valence-electron chi connectivity index (χ3n) is 6.28. The molecule has 5 heteroatoms. The highest BCUT2D eigenvalue weighted by molar-refractivity contribution is 9.10. The van der Waals surface area contributed by atoms with Crippen molar-refractivity contribution in [3.05, 3.63) is 34.3 Å². The van der Waals surface area contributed by atoms with Gasteiger partial charge in [-0.3, -0.25) is 4.79 Å². The molecule has 4 nitrogen and oxygen atoms in total. The van der Waals surface area contributed by atoms with Crippen LogP contribution in [-0.4, -0.2) is 61.6 Å². The van der Waals surface area contributed by atoms with E-state index < -0.39 is 0 Å². The molecular weight excluding hydrogens is 440 g/mol. The standard InChI is InChI=1S/C25H41BrN2O2/c1-4-5-7-18-27(2)19-8-6-9-20-30-24-16-14-23(15-17-24)28(3)25(29)21-10-12-22(26)13-11-21/h10-13,23-24H,4-9,14-20H2,1-3H3/t23-,24-. The van der Waals surface area contributed by atoms with Gasteiger partial charge in [0.25, 0.3) is 5.91 Å². The van der Waals surface area contributed by atoms with E-state index in [1.54, 1.807) is 0 Å². The van der Waals surface area contributed by atoms with Gasteiger partial charge < -0.3 is 14.5 Å². The van der Waals surface area contributed by atoms with Gasteiger partial charge in [-0.1, -0.05) is 35.7 Å². The Balaban J connectivity index is 1.55. The summed E-state index contributed by atoms with van der Waals surface area (Å²) >= 11 is 3.43. The highest BCUT2D eigenvalue weighted by atomic mass is 79.9. The summed E-state index contributed by atoms with van der Waals surface area (Å²) in [5.41, 5.74) is 0.759. The van der Waals surface area contributed by atoms with E-state index in [1.165, 1.54) is 45.2 Å². The molecule has 1 saturated carbocycles. The molecule has 1 aromatic rings. The summed E-state index contributed by atoms with van der Waals surface area (Å²) in [7, 11) is 4.18. The van der Waals surface area contributed by atoms with Crippen molar-refractivity contribution < 1.29 is 9.53 Å². The highest BCUT2D eigenvalue weighted by Crippen LogP contribution is 2.26. The Morgan fingerprint density at radius 3 is 2.23 bits per heavy atom. The van der Waals surface area contributed by atoms with Gasteiger partial charge in [0.1, 0.15) is 0 Å². The quantitative estimate of drug-likeness (QED) is 0.317. The smallest absolute Gasteiger partial charge is 0.253 e. The van der Waals surface area contributed by atoms with Crippen molar-refractivity contribution in [2.45, 2.75) is 83.3 Å². The van der Waals surface area contributed by atoms with E-state index in [9.17, 15) is 4.79 Å². The second-order valence-corrected chi connectivity index (χ2v) is 9.71. The topological polar surface area (TPSA) is 32.8 Å². The molecular formula is C25H41BrN2O2. The van der Waals surface area contributed by atoms with Gasteiger partial charge >= 0.3 is 0 Å². The first-order valence-electron chi connectivity index (χ1n) is 11.8. The van der Waals surface area contributed by atoms with Crippen LogP contribution in [-0.2, 0) is 4.74 Å². The number of hydrogen-bond donors (Lipinski definition) is 0. The lowest BCUT2D eigenvalue weighted by Gasteiger charge is -2.34. The van der Waals surface area contributed by atoms with Crippen LogP contribution in [0.5, 0.6) is 0 Å². The molecule has 1 aliphatic carbocycles. The predicted octanol–water partition coefficient (Wildman–Crippen LogP) is 6.14. The Morgan fingerprint density at radius 1 is 0.967 bits per heavy atom. The van der Waals surface area contributed by atoms with Crippen LogP contribution in [0.4, 0.5) is 0 Å². The normalized spacial score (nSPS) is 19.2. The molecule has 1 aromatic carbocycles. The van der Waals surface area contributed by atoms with E-state index >= 15 is 0 Å². The summed E-state index contributed by atoms with van der Waals surface area (Å²) in [6.07, 6.45) is 12.2. The van der Waals surface area contributed by atoms with Crippen LogP contribution in [0, 0.1) is 0 Å². The maximum atomic E-state index is 12.7. The van der Waals surface area contributed by atoms with Crippen LogP contribution in [0.1, 0.15) is 81.5 Å². The molecule has 1 fully saturated rings. The highest BCUT2D eigenvalue weighted by Gasteiger charge is 2.27. The van der Waals surface area contributed by atoms with Gasteiger partial charge in [0, 0.05) is 29.7 Å². The fourth-order valence-electron chi connectivity index (χ4n) is 4.22. The molecule has 0 heterocycles. The van der Waals surface area contributed by atoms with Crippen molar-refractivity contribution in [2.75, 3.05) is 33.8 Å². The second-order valence-electron chi connectivity index (χ2n) is 8.80. The van der Waals surface area contributed by atoms with Crippen molar-refractivity contribution in [1.29, 1.82) is 0 Å². The number of benzene rings is 1. The Hall–Kier alpha value is -0.910. The van der Waals surface area contributed by atoms with Gasteiger partial charge in [-0.15, -0.1) is 0 Å². The third kappa shape index (κ3) is 9.07. The fraction of sp³-hybridized carbons (Fsp3) is 0.720. The van der Waals surface area contributed by atoms with Gasteiger partial charge in [-0.05, 0) is 95.8 Å². The summed E-state index contributed by atoms with van der Waals surface area (Å²) in [4.78, 5) is 17.1. The van der Waals surface area contributed by atoms with Crippen molar-refractivity contribution in [3.8, 4) is 0 Å². The lowest BCUT2D eigenvalue weighted by molar-refractivity contribution is 0.00901. The largest absolute Gasteiger partial charge is 0.378 e. The lowest BCUT2D eigenvalue weighted by atomic mass is 9.91. The van der Waals surface area contributed by atoms with Crippen LogP contribution < -0.4 is 0 Å². The van der Waals surface area contributed by atoms with Gasteiger partial charge in [-0.25, -0.2) is 0 Å². The maximum absolute atomic E-state index is 12.7. The minimum Gasteiger partial charge on any atom is -0.378 e.